The molecule has 2 atom stereocenters. The number of nitrogens with zero attached hydrogens (tertiary/aromatic N) is 1. The Bertz CT molecular complexity index is 1280. The van der Waals surface area contributed by atoms with Crippen molar-refractivity contribution in [3.05, 3.63) is 101 Å². The molecule has 3 aromatic carbocycles. The molecule has 5 rings (SSSR count). The van der Waals surface area contributed by atoms with E-state index >= 15 is 0 Å². The summed E-state index contributed by atoms with van der Waals surface area (Å²) in [6.07, 6.45) is 3.20. The second-order valence-electron chi connectivity index (χ2n) is 9.54. The second kappa shape index (κ2) is 10.4. The number of ketones is 1. The van der Waals surface area contributed by atoms with E-state index in [4.69, 9.17) is 4.74 Å². The van der Waals surface area contributed by atoms with Gasteiger partial charge in [-0.25, -0.2) is 0 Å². The van der Waals surface area contributed by atoms with Gasteiger partial charge in [-0.15, -0.1) is 0 Å². The summed E-state index contributed by atoms with van der Waals surface area (Å²) in [5.74, 6) is 0.854. The quantitative estimate of drug-likeness (QED) is 0.395. The van der Waals surface area contributed by atoms with Crippen molar-refractivity contribution in [1.29, 1.82) is 0 Å². The molecule has 3 aromatic rings. The van der Waals surface area contributed by atoms with Crippen LogP contribution in [0, 0.1) is 0 Å². The van der Waals surface area contributed by atoms with Gasteiger partial charge in [-0.2, -0.15) is 0 Å². The van der Waals surface area contributed by atoms with Crippen LogP contribution in [0.4, 0.5) is 11.4 Å². The van der Waals surface area contributed by atoms with Crippen LogP contribution in [0.3, 0.4) is 0 Å². The maximum absolute atomic E-state index is 13.8. The normalized spacial score (nSPS) is 19.2. The molecule has 184 valence electrons. The maximum atomic E-state index is 13.8. The van der Waals surface area contributed by atoms with Crippen LogP contribution in [0.5, 0.6) is 5.75 Å². The number of nitrogens with one attached hydrogen (secondary N) is 1. The molecule has 1 aliphatic carbocycles. The van der Waals surface area contributed by atoms with E-state index in [1.165, 1.54) is 0 Å². The van der Waals surface area contributed by atoms with Crippen molar-refractivity contribution in [2.24, 2.45) is 0 Å². The van der Waals surface area contributed by atoms with E-state index < -0.39 is 6.04 Å². The Hall–Kier alpha value is -3.86. The minimum atomic E-state index is -0.512. The van der Waals surface area contributed by atoms with E-state index in [2.05, 4.69) is 24.4 Å². The van der Waals surface area contributed by atoms with E-state index in [9.17, 15) is 9.59 Å². The fourth-order valence-electron chi connectivity index (χ4n) is 5.30. The molecule has 0 saturated carbocycles. The van der Waals surface area contributed by atoms with Crippen molar-refractivity contribution in [3.63, 3.8) is 0 Å². The number of benzene rings is 3. The first-order chi connectivity index (χ1) is 17.6. The van der Waals surface area contributed by atoms with Crippen molar-refractivity contribution in [3.8, 4) is 5.75 Å². The van der Waals surface area contributed by atoms with E-state index in [0.29, 0.717) is 25.0 Å². The molecule has 5 nitrogen and oxygen atoms in total. The zero-order chi connectivity index (χ0) is 25.1. The molecule has 1 amide bonds. The van der Waals surface area contributed by atoms with Gasteiger partial charge in [-0.05, 0) is 54.2 Å². The molecular formula is C31H32N2O3. The highest BCUT2D eigenvalue weighted by Crippen LogP contribution is 2.47. The van der Waals surface area contributed by atoms with Crippen LogP contribution in [0.25, 0.3) is 0 Å². The van der Waals surface area contributed by atoms with Crippen molar-refractivity contribution in [1.82, 2.24) is 0 Å². The van der Waals surface area contributed by atoms with Gasteiger partial charge in [0.15, 0.2) is 5.78 Å². The summed E-state index contributed by atoms with van der Waals surface area (Å²) >= 11 is 0. The van der Waals surface area contributed by atoms with Gasteiger partial charge in [0, 0.05) is 24.6 Å². The van der Waals surface area contributed by atoms with Crippen LogP contribution >= 0.6 is 0 Å². The molecule has 5 heteroatoms. The standard InChI is InChI=1S/C31H32N2O3/c1-3-4-18-36-25-16-14-23(15-17-25)31-30-27(19-24(20-29(30)35)22-10-6-5-7-11-22)32-26-12-8-9-13-28(26)33(31)21(2)34/h5-17,24,31-32H,3-4,18-20H2,1-2H3/t24-,31+/m0/s1. The molecule has 0 spiro atoms. The van der Waals surface area contributed by atoms with Crippen LogP contribution < -0.4 is 15.0 Å². The Morgan fingerprint density at radius 3 is 2.39 bits per heavy atom. The summed E-state index contributed by atoms with van der Waals surface area (Å²) in [6, 6.07) is 25.3. The average molecular weight is 481 g/mol. The molecule has 0 radical (unpaired) electrons. The molecule has 0 bridgehead atoms. The number of allylic oxidation sites excluding steroid dienone is 1. The van der Waals surface area contributed by atoms with Crippen LogP contribution in [-0.4, -0.2) is 18.3 Å². The third-order valence-electron chi connectivity index (χ3n) is 7.06. The highest BCUT2D eigenvalue weighted by molar-refractivity contribution is 6.06. The number of rotatable bonds is 6. The highest BCUT2D eigenvalue weighted by Gasteiger charge is 2.40. The lowest BCUT2D eigenvalue weighted by atomic mass is 9.78. The predicted molar refractivity (Wildman–Crippen MR) is 143 cm³/mol. The lowest BCUT2D eigenvalue weighted by molar-refractivity contribution is -0.117. The van der Waals surface area contributed by atoms with Crippen LogP contribution in [0.15, 0.2) is 90.1 Å². The van der Waals surface area contributed by atoms with Gasteiger partial charge in [-0.1, -0.05) is 67.9 Å². The van der Waals surface area contributed by atoms with Crippen molar-refractivity contribution >= 4 is 23.1 Å². The van der Waals surface area contributed by atoms with E-state index in [1.54, 1.807) is 11.8 Å². The lowest BCUT2D eigenvalue weighted by Gasteiger charge is -2.34. The monoisotopic (exact) mass is 480 g/mol. The SMILES string of the molecule is CCCCOc1ccc([C@@H]2C3=C(C[C@H](c4ccccc4)CC3=O)Nc3ccccc3N2C(C)=O)cc1. The zero-order valence-electron chi connectivity index (χ0n) is 20.9. The van der Waals surface area contributed by atoms with Crippen LogP contribution in [0.2, 0.25) is 0 Å². The summed E-state index contributed by atoms with van der Waals surface area (Å²) < 4.78 is 5.86. The fraction of sp³-hybridized carbons (Fsp3) is 0.290. The number of carbonyl (C=O) groups excluding carboxylic acids is 2. The number of Topliss-reactive ketones (excluding diaryl/α,β-unsaturated/α-hetero) is 1. The van der Waals surface area contributed by atoms with Crippen LogP contribution in [-0.2, 0) is 9.59 Å². The average Bonchev–Trinajstić information content (AvgIpc) is 3.04. The number of para-hydroxylation sites is 2. The third kappa shape index (κ3) is 4.66. The minimum absolute atomic E-state index is 0.0740. The van der Waals surface area contributed by atoms with Gasteiger partial charge in [0.05, 0.1) is 24.0 Å². The summed E-state index contributed by atoms with van der Waals surface area (Å²) in [4.78, 5) is 28.8. The van der Waals surface area contributed by atoms with E-state index in [0.717, 1.165) is 46.8 Å². The number of amides is 1. The first-order valence-electron chi connectivity index (χ1n) is 12.8. The van der Waals surface area contributed by atoms with E-state index in [-0.39, 0.29) is 17.6 Å². The van der Waals surface area contributed by atoms with Gasteiger partial charge >= 0.3 is 0 Å². The number of hydrogen-bond acceptors (Lipinski definition) is 4. The molecule has 0 fully saturated rings. The second-order valence-corrected chi connectivity index (χ2v) is 9.54. The van der Waals surface area contributed by atoms with Gasteiger partial charge in [-0.3, -0.25) is 14.5 Å². The molecule has 1 heterocycles. The predicted octanol–water partition coefficient (Wildman–Crippen LogP) is 6.79. The molecular weight excluding hydrogens is 448 g/mol. The molecule has 0 unspecified atom stereocenters. The zero-order valence-corrected chi connectivity index (χ0v) is 20.9. The summed E-state index contributed by atoms with van der Waals surface area (Å²) in [5.41, 5.74) is 5.23. The number of anilines is 2. The first kappa shape index (κ1) is 23.9. The Labute approximate surface area is 212 Å². The summed E-state index contributed by atoms with van der Waals surface area (Å²) in [5, 5.41) is 3.56. The van der Waals surface area contributed by atoms with E-state index in [1.807, 2.05) is 66.7 Å². The number of hydrogen-bond donors (Lipinski definition) is 1. The van der Waals surface area contributed by atoms with Crippen LogP contribution in [0.1, 0.15) is 62.6 Å². The molecule has 1 aliphatic heterocycles. The topological polar surface area (TPSA) is 58.6 Å². The van der Waals surface area contributed by atoms with Gasteiger partial charge in [0.1, 0.15) is 5.75 Å². The first-order valence-corrected chi connectivity index (χ1v) is 12.8. The van der Waals surface area contributed by atoms with Crippen molar-refractivity contribution < 1.29 is 14.3 Å². The molecule has 2 aliphatic rings. The summed E-state index contributed by atoms with van der Waals surface area (Å²) in [6.45, 7) is 4.37. The molecule has 36 heavy (non-hydrogen) atoms. The molecule has 0 saturated heterocycles. The van der Waals surface area contributed by atoms with Crippen molar-refractivity contribution in [2.75, 3.05) is 16.8 Å². The Kier molecular flexibility index (Phi) is 6.90. The Balaban J connectivity index is 1.61. The Morgan fingerprint density at radius 2 is 1.67 bits per heavy atom. The third-order valence-corrected chi connectivity index (χ3v) is 7.06. The van der Waals surface area contributed by atoms with Gasteiger partial charge < -0.3 is 10.1 Å². The lowest BCUT2D eigenvalue weighted by Crippen LogP contribution is -2.37. The highest BCUT2D eigenvalue weighted by atomic mass is 16.5. The molecule has 0 aromatic heterocycles. The largest absolute Gasteiger partial charge is 0.494 e. The Morgan fingerprint density at radius 1 is 0.944 bits per heavy atom. The van der Waals surface area contributed by atoms with Crippen molar-refractivity contribution in [2.45, 2.75) is 51.5 Å². The summed E-state index contributed by atoms with van der Waals surface area (Å²) in [7, 11) is 0. The molecule has 1 N–H and O–H groups in total. The smallest absolute Gasteiger partial charge is 0.224 e. The number of fused-ring (bicyclic) bond motifs is 1. The maximum Gasteiger partial charge on any atom is 0.224 e. The number of carbonyl (C=O) groups is 2. The fourth-order valence-corrected chi connectivity index (χ4v) is 5.30. The number of unbranched alkanes of at least 4 members (excludes halogenated alkanes) is 1. The number of ether oxygens (including phenoxy) is 1. The van der Waals surface area contributed by atoms with Gasteiger partial charge in [0.2, 0.25) is 5.91 Å². The minimum Gasteiger partial charge on any atom is -0.494 e. The van der Waals surface area contributed by atoms with Gasteiger partial charge in [0.25, 0.3) is 0 Å².